The first-order valence-electron chi connectivity index (χ1n) is 6.56. The van der Waals surface area contributed by atoms with Crippen molar-refractivity contribution in [1.82, 2.24) is 9.47 Å². The van der Waals surface area contributed by atoms with Crippen molar-refractivity contribution in [2.24, 2.45) is 7.05 Å². The summed E-state index contributed by atoms with van der Waals surface area (Å²) < 4.78 is 3.59. The number of likely N-dealkylation sites (tertiary alicyclic amines) is 1. The second kappa shape index (κ2) is 5.34. The first-order chi connectivity index (χ1) is 8.22. The molecule has 4 heteroatoms. The Labute approximate surface area is 103 Å². The van der Waals surface area contributed by atoms with Gasteiger partial charge < -0.3 is 4.90 Å². The average Bonchev–Trinajstić information content (AvgIpc) is 2.76. The normalized spacial score (nSPS) is 20.6. The number of piperidine rings is 1. The highest BCUT2D eigenvalue weighted by Crippen LogP contribution is 2.21. The number of rotatable bonds is 2. The number of amides is 1. The Kier molecular flexibility index (Phi) is 3.82. The van der Waals surface area contributed by atoms with E-state index in [2.05, 4.69) is 6.92 Å². The van der Waals surface area contributed by atoms with E-state index < -0.39 is 0 Å². The second-order valence-electron chi connectivity index (χ2n) is 4.90. The maximum absolute atomic E-state index is 12.4. The molecule has 1 fully saturated rings. The van der Waals surface area contributed by atoms with Crippen LogP contribution in [0.2, 0.25) is 0 Å². The lowest BCUT2D eigenvalue weighted by molar-refractivity contribution is -0.670. The Morgan fingerprint density at radius 1 is 1.47 bits per heavy atom. The minimum atomic E-state index is 0.128. The van der Waals surface area contributed by atoms with E-state index in [0.717, 1.165) is 32.2 Å². The molecule has 0 N–H and O–H groups in total. The second-order valence-corrected chi connectivity index (χ2v) is 4.90. The van der Waals surface area contributed by atoms with Gasteiger partial charge in [0.15, 0.2) is 0 Å². The monoisotopic (exact) mass is 236 g/mol. The molecule has 2 heterocycles. The van der Waals surface area contributed by atoms with Gasteiger partial charge in [-0.2, -0.15) is 4.57 Å². The van der Waals surface area contributed by atoms with Gasteiger partial charge in [0.2, 0.25) is 0 Å². The van der Waals surface area contributed by atoms with E-state index in [-0.39, 0.29) is 6.03 Å². The molecular weight excluding hydrogens is 214 g/mol. The van der Waals surface area contributed by atoms with Crippen molar-refractivity contribution in [3.05, 3.63) is 18.7 Å². The molecule has 0 saturated carbocycles. The first kappa shape index (κ1) is 12.1. The number of carbonyl (C=O) groups excluding carboxylic acids is 1. The van der Waals surface area contributed by atoms with E-state index in [9.17, 15) is 4.79 Å². The fourth-order valence-electron chi connectivity index (χ4n) is 2.60. The van der Waals surface area contributed by atoms with Gasteiger partial charge in [0.1, 0.15) is 12.4 Å². The van der Waals surface area contributed by atoms with Gasteiger partial charge in [-0.15, -0.1) is 0 Å². The molecule has 0 aromatic carbocycles. The molecule has 4 nitrogen and oxygen atoms in total. The van der Waals surface area contributed by atoms with Gasteiger partial charge in [-0.3, -0.25) is 0 Å². The Morgan fingerprint density at radius 2 is 2.29 bits per heavy atom. The molecule has 0 bridgehead atoms. The molecule has 1 aliphatic heterocycles. The van der Waals surface area contributed by atoms with Crippen LogP contribution in [0.5, 0.6) is 0 Å². The first-order valence-corrected chi connectivity index (χ1v) is 6.56. The number of imidazole rings is 1. The zero-order valence-electron chi connectivity index (χ0n) is 10.8. The molecule has 1 aromatic rings. The van der Waals surface area contributed by atoms with Crippen LogP contribution in [0.25, 0.3) is 0 Å². The summed E-state index contributed by atoms with van der Waals surface area (Å²) in [7, 11) is 1.93. The topological polar surface area (TPSA) is 29.1 Å². The van der Waals surface area contributed by atoms with Gasteiger partial charge in [0.25, 0.3) is 6.33 Å². The number of aryl methyl sites for hydroxylation is 1. The zero-order chi connectivity index (χ0) is 12.3. The lowest BCUT2D eigenvalue weighted by Crippen LogP contribution is -2.45. The lowest BCUT2D eigenvalue weighted by atomic mass is 9.99. The predicted octanol–water partition coefficient (Wildman–Crippen LogP) is 1.94. The number of nitrogens with zero attached hydrogens (tertiary/aromatic N) is 3. The number of aromatic nitrogens is 2. The zero-order valence-corrected chi connectivity index (χ0v) is 10.8. The molecule has 1 atom stereocenters. The van der Waals surface area contributed by atoms with E-state index in [4.69, 9.17) is 0 Å². The summed E-state index contributed by atoms with van der Waals surface area (Å²) in [4.78, 5) is 14.4. The van der Waals surface area contributed by atoms with Crippen molar-refractivity contribution >= 4 is 6.03 Å². The molecule has 2 rings (SSSR count). The fraction of sp³-hybridized carbons (Fsp3) is 0.692. The minimum Gasteiger partial charge on any atom is -0.301 e. The largest absolute Gasteiger partial charge is 0.416 e. The van der Waals surface area contributed by atoms with Gasteiger partial charge >= 0.3 is 6.03 Å². The summed E-state index contributed by atoms with van der Waals surface area (Å²) in [6, 6.07) is 0.567. The lowest BCUT2D eigenvalue weighted by Gasteiger charge is -2.33. The summed E-state index contributed by atoms with van der Waals surface area (Å²) in [6.45, 7) is 3.10. The number of carbonyl (C=O) groups is 1. The van der Waals surface area contributed by atoms with Crippen molar-refractivity contribution < 1.29 is 9.36 Å². The Morgan fingerprint density at radius 3 is 2.94 bits per heavy atom. The summed E-state index contributed by atoms with van der Waals surface area (Å²) in [5, 5.41) is 0. The van der Waals surface area contributed by atoms with E-state index in [1.807, 2.05) is 35.2 Å². The van der Waals surface area contributed by atoms with Gasteiger partial charge in [0, 0.05) is 12.6 Å². The minimum absolute atomic E-state index is 0.128. The highest BCUT2D eigenvalue weighted by Gasteiger charge is 2.29. The van der Waals surface area contributed by atoms with Crippen LogP contribution in [0.4, 0.5) is 4.79 Å². The van der Waals surface area contributed by atoms with Gasteiger partial charge in [-0.25, -0.2) is 9.36 Å². The average molecular weight is 236 g/mol. The SMILES string of the molecule is CCCC1CCCCN1C(=O)n1cc[n+](C)c1. The standard InChI is InChI=1S/C13H22N3O/c1-3-6-12-7-4-5-8-16(12)13(17)15-10-9-14(2)11-15/h9-12H,3-8H2,1-2H3/q+1. The Balaban J connectivity index is 2.10. The van der Waals surface area contributed by atoms with Crippen LogP contribution in [0, 0.1) is 0 Å². The van der Waals surface area contributed by atoms with Crippen LogP contribution < -0.4 is 4.57 Å². The van der Waals surface area contributed by atoms with Gasteiger partial charge in [-0.1, -0.05) is 13.3 Å². The highest BCUT2D eigenvalue weighted by atomic mass is 16.2. The van der Waals surface area contributed by atoms with Crippen LogP contribution in [0.15, 0.2) is 18.7 Å². The molecule has 17 heavy (non-hydrogen) atoms. The summed E-state index contributed by atoms with van der Waals surface area (Å²) in [5.41, 5.74) is 0. The third-order valence-corrected chi connectivity index (χ3v) is 3.48. The van der Waals surface area contributed by atoms with Crippen LogP contribution in [-0.2, 0) is 7.05 Å². The number of hydrogen-bond acceptors (Lipinski definition) is 1. The molecule has 1 unspecified atom stereocenters. The third-order valence-electron chi connectivity index (χ3n) is 3.48. The summed E-state index contributed by atoms with van der Waals surface area (Å²) >= 11 is 0. The van der Waals surface area contributed by atoms with Crippen molar-refractivity contribution in [2.75, 3.05) is 6.54 Å². The molecule has 1 amide bonds. The molecule has 1 saturated heterocycles. The van der Waals surface area contributed by atoms with E-state index in [1.54, 1.807) is 4.57 Å². The highest BCUT2D eigenvalue weighted by molar-refractivity contribution is 5.76. The van der Waals surface area contributed by atoms with Crippen LogP contribution >= 0.6 is 0 Å². The third kappa shape index (κ3) is 2.68. The van der Waals surface area contributed by atoms with Crippen molar-refractivity contribution in [3.63, 3.8) is 0 Å². The van der Waals surface area contributed by atoms with E-state index in [1.165, 1.54) is 6.42 Å². The maximum Gasteiger partial charge on any atom is 0.416 e. The fourth-order valence-corrected chi connectivity index (χ4v) is 2.60. The Bertz CT molecular complexity index is 384. The molecule has 94 valence electrons. The van der Waals surface area contributed by atoms with Crippen molar-refractivity contribution in [2.45, 2.75) is 45.1 Å². The molecule has 1 aliphatic rings. The van der Waals surface area contributed by atoms with Crippen LogP contribution in [0.1, 0.15) is 39.0 Å². The van der Waals surface area contributed by atoms with Crippen molar-refractivity contribution in [1.29, 1.82) is 0 Å². The number of hydrogen-bond donors (Lipinski definition) is 0. The van der Waals surface area contributed by atoms with Gasteiger partial charge in [0.05, 0.1) is 7.05 Å². The molecule has 1 aromatic heterocycles. The smallest absolute Gasteiger partial charge is 0.301 e. The summed E-state index contributed by atoms with van der Waals surface area (Å²) in [6.07, 6.45) is 11.4. The molecule has 0 spiro atoms. The maximum atomic E-state index is 12.4. The van der Waals surface area contributed by atoms with Crippen molar-refractivity contribution in [3.8, 4) is 0 Å². The summed E-state index contributed by atoms with van der Waals surface area (Å²) in [5.74, 6) is 0. The van der Waals surface area contributed by atoms with E-state index in [0.29, 0.717) is 6.04 Å². The molecular formula is C13H22N3O+. The quantitative estimate of drug-likeness (QED) is 0.721. The predicted molar refractivity (Wildman–Crippen MR) is 65.7 cm³/mol. The Hall–Kier alpha value is -1.32. The van der Waals surface area contributed by atoms with E-state index >= 15 is 0 Å². The van der Waals surface area contributed by atoms with Crippen LogP contribution in [-0.4, -0.2) is 28.1 Å². The van der Waals surface area contributed by atoms with Gasteiger partial charge in [-0.05, 0) is 25.7 Å². The molecule has 0 aliphatic carbocycles. The molecule has 0 radical (unpaired) electrons. The van der Waals surface area contributed by atoms with Crippen LogP contribution in [0.3, 0.4) is 0 Å².